The molecule has 0 aromatic carbocycles. The summed E-state index contributed by atoms with van der Waals surface area (Å²) in [6.45, 7) is 5.28. The van der Waals surface area contributed by atoms with Crippen molar-refractivity contribution in [2.75, 3.05) is 19.6 Å². The average Bonchev–Trinajstić information content (AvgIpc) is 1.88. The normalized spacial score (nSPS) is 30.7. The van der Waals surface area contributed by atoms with Crippen molar-refractivity contribution in [3.8, 4) is 0 Å². The molecule has 0 spiro atoms. The molecule has 1 aliphatic heterocycles. The maximum Gasteiger partial charge on any atom is 0.0667 e. The van der Waals surface area contributed by atoms with Crippen LogP contribution in [0, 0.1) is 0 Å². The van der Waals surface area contributed by atoms with Crippen LogP contribution in [0.15, 0.2) is 0 Å². The van der Waals surface area contributed by atoms with E-state index in [2.05, 4.69) is 11.8 Å². The van der Waals surface area contributed by atoms with Crippen molar-refractivity contribution in [2.45, 2.75) is 25.9 Å². The molecule has 0 aliphatic carbocycles. The Morgan fingerprint density at radius 2 is 2.44 bits per heavy atom. The van der Waals surface area contributed by atoms with Crippen LogP contribution in [-0.4, -0.2) is 35.7 Å². The van der Waals surface area contributed by atoms with E-state index in [-0.39, 0.29) is 6.10 Å². The monoisotopic (exact) mass is 129 g/mol. The maximum atomic E-state index is 9.17. The van der Waals surface area contributed by atoms with Gasteiger partial charge in [-0.05, 0) is 25.9 Å². The highest BCUT2D eigenvalue weighted by atomic mass is 16.3. The van der Waals surface area contributed by atoms with Gasteiger partial charge in [0.05, 0.1) is 6.10 Å². The molecule has 0 saturated carbocycles. The first-order chi connectivity index (χ1) is 4.33. The number of hydrogen-bond acceptors (Lipinski definition) is 2. The lowest BCUT2D eigenvalue weighted by molar-refractivity contribution is 0.0737. The van der Waals surface area contributed by atoms with Crippen LogP contribution in [-0.2, 0) is 0 Å². The molecule has 1 saturated heterocycles. The van der Waals surface area contributed by atoms with Crippen LogP contribution < -0.4 is 0 Å². The number of piperidine rings is 1. The van der Waals surface area contributed by atoms with Crippen LogP contribution in [0.5, 0.6) is 0 Å². The topological polar surface area (TPSA) is 23.5 Å². The quantitative estimate of drug-likeness (QED) is 0.556. The highest BCUT2D eigenvalue weighted by molar-refractivity contribution is 4.69. The van der Waals surface area contributed by atoms with Crippen LogP contribution in [0.4, 0.5) is 0 Å². The predicted molar refractivity (Wildman–Crippen MR) is 37.4 cm³/mol. The van der Waals surface area contributed by atoms with Crippen molar-refractivity contribution in [1.82, 2.24) is 4.90 Å². The van der Waals surface area contributed by atoms with Gasteiger partial charge in [0.1, 0.15) is 0 Å². The predicted octanol–water partition coefficient (Wildman–Crippen LogP) is 0.463. The highest BCUT2D eigenvalue weighted by Crippen LogP contribution is 2.08. The summed E-state index contributed by atoms with van der Waals surface area (Å²) in [5.41, 5.74) is 0. The zero-order chi connectivity index (χ0) is 6.69. The Labute approximate surface area is 56.5 Å². The minimum Gasteiger partial charge on any atom is -0.392 e. The molecular weight excluding hydrogens is 114 g/mol. The Morgan fingerprint density at radius 3 is 2.89 bits per heavy atom. The summed E-state index contributed by atoms with van der Waals surface area (Å²) >= 11 is 0. The molecule has 0 bridgehead atoms. The van der Waals surface area contributed by atoms with Crippen molar-refractivity contribution in [3.05, 3.63) is 0 Å². The van der Waals surface area contributed by atoms with Gasteiger partial charge in [-0.3, -0.25) is 0 Å². The second-order valence-corrected chi connectivity index (χ2v) is 2.69. The van der Waals surface area contributed by atoms with E-state index in [4.69, 9.17) is 5.11 Å². The van der Waals surface area contributed by atoms with Crippen LogP contribution in [0.1, 0.15) is 19.8 Å². The van der Waals surface area contributed by atoms with Gasteiger partial charge < -0.3 is 10.0 Å². The van der Waals surface area contributed by atoms with E-state index >= 15 is 0 Å². The van der Waals surface area contributed by atoms with Gasteiger partial charge in [0, 0.05) is 6.54 Å². The molecule has 1 rings (SSSR count). The van der Waals surface area contributed by atoms with Crippen LogP contribution >= 0.6 is 0 Å². The lowest BCUT2D eigenvalue weighted by atomic mass is 10.1. The first kappa shape index (κ1) is 7.03. The molecule has 0 unspecified atom stereocenters. The van der Waals surface area contributed by atoms with Crippen LogP contribution in [0.2, 0.25) is 0 Å². The summed E-state index contributed by atoms with van der Waals surface area (Å²) in [4.78, 5) is 2.29. The van der Waals surface area contributed by atoms with E-state index in [0.717, 1.165) is 25.9 Å². The fourth-order valence-electron chi connectivity index (χ4n) is 1.32. The Bertz CT molecular complexity index is 85.0. The molecule has 1 heterocycles. The third kappa shape index (κ3) is 1.95. The van der Waals surface area contributed by atoms with Crippen molar-refractivity contribution in [3.63, 3.8) is 0 Å². The maximum absolute atomic E-state index is 9.17. The zero-order valence-electron chi connectivity index (χ0n) is 6.01. The largest absolute Gasteiger partial charge is 0.392 e. The summed E-state index contributed by atoms with van der Waals surface area (Å²) < 4.78 is 0. The molecule has 0 aromatic rings. The summed E-state index contributed by atoms with van der Waals surface area (Å²) in [6, 6.07) is 0. The lowest BCUT2D eigenvalue weighted by Crippen LogP contribution is -2.37. The SMILES string of the molecule is CCN1CCC[C@H](O)C1. The third-order valence-corrected chi connectivity index (χ3v) is 1.93. The van der Waals surface area contributed by atoms with Crippen molar-refractivity contribution < 1.29 is 5.11 Å². The first-order valence-electron chi connectivity index (χ1n) is 3.73. The van der Waals surface area contributed by atoms with E-state index in [1.807, 2.05) is 0 Å². The lowest BCUT2D eigenvalue weighted by Gasteiger charge is -2.28. The number of β-amino-alcohol motifs (C(OH)–C–C–N with tert-alkyl or cyclic N) is 1. The molecular formula is C7H15NO. The van der Waals surface area contributed by atoms with Gasteiger partial charge in [-0.25, -0.2) is 0 Å². The number of nitrogens with zero attached hydrogens (tertiary/aromatic N) is 1. The summed E-state index contributed by atoms with van der Waals surface area (Å²) in [5.74, 6) is 0. The molecule has 9 heavy (non-hydrogen) atoms. The standard InChI is InChI=1S/C7H15NO/c1-2-8-5-3-4-7(9)6-8/h7,9H,2-6H2,1H3/t7-/m0/s1. The van der Waals surface area contributed by atoms with Gasteiger partial charge in [0.15, 0.2) is 0 Å². The molecule has 2 nitrogen and oxygen atoms in total. The zero-order valence-corrected chi connectivity index (χ0v) is 6.01. The van der Waals surface area contributed by atoms with Crippen LogP contribution in [0.25, 0.3) is 0 Å². The highest BCUT2D eigenvalue weighted by Gasteiger charge is 2.14. The second-order valence-electron chi connectivity index (χ2n) is 2.69. The van der Waals surface area contributed by atoms with Gasteiger partial charge >= 0.3 is 0 Å². The first-order valence-corrected chi connectivity index (χ1v) is 3.73. The molecule has 0 aromatic heterocycles. The van der Waals surface area contributed by atoms with Crippen LogP contribution in [0.3, 0.4) is 0 Å². The van der Waals surface area contributed by atoms with Gasteiger partial charge in [-0.1, -0.05) is 6.92 Å². The fourth-order valence-corrected chi connectivity index (χ4v) is 1.32. The Morgan fingerprint density at radius 1 is 1.67 bits per heavy atom. The molecule has 1 atom stereocenters. The number of likely N-dealkylation sites (tertiary alicyclic amines) is 1. The third-order valence-electron chi connectivity index (χ3n) is 1.93. The average molecular weight is 129 g/mol. The van der Waals surface area contributed by atoms with E-state index in [1.165, 1.54) is 6.54 Å². The smallest absolute Gasteiger partial charge is 0.0667 e. The number of aliphatic hydroxyl groups is 1. The molecule has 1 aliphatic rings. The number of rotatable bonds is 1. The van der Waals surface area contributed by atoms with Crippen molar-refractivity contribution >= 4 is 0 Å². The molecule has 54 valence electrons. The van der Waals surface area contributed by atoms with Gasteiger partial charge in [-0.2, -0.15) is 0 Å². The van der Waals surface area contributed by atoms with E-state index in [1.54, 1.807) is 0 Å². The molecule has 0 amide bonds. The molecule has 1 N–H and O–H groups in total. The van der Waals surface area contributed by atoms with Crippen molar-refractivity contribution in [1.29, 1.82) is 0 Å². The van der Waals surface area contributed by atoms with E-state index in [9.17, 15) is 0 Å². The Kier molecular flexibility index (Phi) is 2.49. The second kappa shape index (κ2) is 3.18. The molecule has 1 fully saturated rings. The number of hydrogen-bond donors (Lipinski definition) is 1. The van der Waals surface area contributed by atoms with Crippen molar-refractivity contribution in [2.24, 2.45) is 0 Å². The Balaban J connectivity index is 2.23. The number of aliphatic hydroxyl groups excluding tert-OH is 1. The molecule has 0 radical (unpaired) electrons. The number of likely N-dealkylation sites (N-methyl/N-ethyl adjacent to an activating group) is 1. The summed E-state index contributed by atoms with van der Waals surface area (Å²) in [6.07, 6.45) is 2.10. The van der Waals surface area contributed by atoms with Gasteiger partial charge in [-0.15, -0.1) is 0 Å². The fraction of sp³-hybridized carbons (Fsp3) is 1.00. The summed E-state index contributed by atoms with van der Waals surface area (Å²) in [5, 5.41) is 9.17. The summed E-state index contributed by atoms with van der Waals surface area (Å²) in [7, 11) is 0. The van der Waals surface area contributed by atoms with Gasteiger partial charge in [0.25, 0.3) is 0 Å². The van der Waals surface area contributed by atoms with Gasteiger partial charge in [0.2, 0.25) is 0 Å². The minimum absolute atomic E-state index is 0.0568. The minimum atomic E-state index is -0.0568. The molecule has 2 heteroatoms. The van der Waals surface area contributed by atoms with E-state index < -0.39 is 0 Å². The Hall–Kier alpha value is -0.0800. The van der Waals surface area contributed by atoms with E-state index in [0.29, 0.717) is 0 Å².